The molecule has 53 heavy (non-hydrogen) atoms. The Hall–Kier alpha value is -6.72. The highest BCUT2D eigenvalue weighted by atomic mass is 16.5. The van der Waals surface area contributed by atoms with Gasteiger partial charge in [0.25, 0.3) is 6.71 Å². The first-order valence-corrected chi connectivity index (χ1v) is 18.2. The summed E-state index contributed by atoms with van der Waals surface area (Å²) in [5.41, 5.74) is 12.5. The standard InChI is InChI=1S/C48H33BN2O2/c1-30-18-24-42-40(26-30)49-41-27-31(2)19-25-43(41)53-48-45(49)44(52-42)29-39-38-22-20-32-28-36(50(33-12-6-3-7-13-33)34-14-8-4-9-15-34)21-23-37(32)46(38)51(47(39)48)35-16-10-5-11-17-35/h3-29H,1-2H3. The van der Waals surface area contributed by atoms with Crippen LogP contribution in [-0.4, -0.2) is 11.3 Å². The second kappa shape index (κ2) is 11.4. The van der Waals surface area contributed by atoms with E-state index in [9.17, 15) is 0 Å². The lowest BCUT2D eigenvalue weighted by Gasteiger charge is -2.34. The minimum absolute atomic E-state index is 0.0137. The van der Waals surface area contributed by atoms with Gasteiger partial charge in [0.2, 0.25) is 0 Å². The second-order valence-electron chi connectivity index (χ2n) is 14.3. The fraction of sp³-hybridized carbons (Fsp3) is 0.0417. The maximum Gasteiger partial charge on any atom is 0.260 e. The molecule has 0 bridgehead atoms. The van der Waals surface area contributed by atoms with Gasteiger partial charge in [-0.2, -0.15) is 0 Å². The van der Waals surface area contributed by atoms with Gasteiger partial charge in [0.15, 0.2) is 5.75 Å². The molecule has 0 amide bonds. The van der Waals surface area contributed by atoms with Gasteiger partial charge in [0.05, 0.1) is 11.0 Å². The molecule has 0 radical (unpaired) electrons. The minimum Gasteiger partial charge on any atom is -0.458 e. The van der Waals surface area contributed by atoms with E-state index < -0.39 is 0 Å². The Kier molecular flexibility index (Phi) is 6.44. The van der Waals surface area contributed by atoms with Crippen LogP contribution in [0.5, 0.6) is 23.0 Å². The van der Waals surface area contributed by atoms with Crippen molar-refractivity contribution in [3.05, 3.63) is 175 Å². The molecule has 9 aromatic rings. The predicted octanol–water partition coefficient (Wildman–Crippen LogP) is 10.8. The van der Waals surface area contributed by atoms with Gasteiger partial charge >= 0.3 is 0 Å². The summed E-state index contributed by atoms with van der Waals surface area (Å²) in [4.78, 5) is 2.32. The summed E-state index contributed by atoms with van der Waals surface area (Å²) in [7, 11) is 0. The number of anilines is 3. The van der Waals surface area contributed by atoms with Gasteiger partial charge in [0.1, 0.15) is 17.2 Å². The molecule has 0 aliphatic carbocycles. The van der Waals surface area contributed by atoms with Gasteiger partial charge in [-0.3, -0.25) is 0 Å². The molecule has 0 N–H and O–H groups in total. The molecule has 250 valence electrons. The molecule has 0 unspecified atom stereocenters. The van der Waals surface area contributed by atoms with Crippen LogP contribution >= 0.6 is 0 Å². The van der Waals surface area contributed by atoms with Crippen LogP contribution in [0.15, 0.2) is 164 Å². The number of hydrogen-bond donors (Lipinski definition) is 0. The van der Waals surface area contributed by atoms with Crippen LogP contribution in [-0.2, 0) is 0 Å². The van der Waals surface area contributed by atoms with Crippen molar-refractivity contribution in [3.8, 4) is 28.7 Å². The van der Waals surface area contributed by atoms with E-state index in [2.05, 4.69) is 187 Å². The maximum atomic E-state index is 7.08. The number of aromatic nitrogens is 1. The van der Waals surface area contributed by atoms with E-state index in [0.717, 1.165) is 78.4 Å². The Morgan fingerprint density at radius 3 is 1.74 bits per heavy atom. The lowest BCUT2D eigenvalue weighted by molar-refractivity contribution is 0.467. The smallest absolute Gasteiger partial charge is 0.260 e. The van der Waals surface area contributed by atoms with Crippen LogP contribution in [0, 0.1) is 13.8 Å². The van der Waals surface area contributed by atoms with Crippen LogP contribution in [0.4, 0.5) is 17.1 Å². The van der Waals surface area contributed by atoms with E-state index in [0.29, 0.717) is 0 Å². The monoisotopic (exact) mass is 680 g/mol. The molecule has 4 nitrogen and oxygen atoms in total. The van der Waals surface area contributed by atoms with Crippen molar-refractivity contribution in [2.75, 3.05) is 4.90 Å². The molecule has 0 spiro atoms. The average molecular weight is 681 g/mol. The number of benzene rings is 8. The molecule has 0 fully saturated rings. The van der Waals surface area contributed by atoms with Crippen LogP contribution in [0.1, 0.15) is 11.1 Å². The lowest BCUT2D eigenvalue weighted by atomic mass is 9.34. The highest BCUT2D eigenvalue weighted by molar-refractivity contribution is 6.98. The zero-order chi connectivity index (χ0) is 35.2. The van der Waals surface area contributed by atoms with Crippen molar-refractivity contribution < 1.29 is 9.47 Å². The van der Waals surface area contributed by atoms with E-state index >= 15 is 0 Å². The van der Waals surface area contributed by atoms with Gasteiger partial charge < -0.3 is 18.9 Å². The van der Waals surface area contributed by atoms with E-state index in [4.69, 9.17) is 9.47 Å². The van der Waals surface area contributed by atoms with Crippen molar-refractivity contribution in [1.82, 2.24) is 4.57 Å². The molecule has 1 aromatic heterocycles. The first kappa shape index (κ1) is 30.0. The summed E-state index contributed by atoms with van der Waals surface area (Å²) in [6, 6.07) is 58.6. The summed E-state index contributed by atoms with van der Waals surface area (Å²) in [6.45, 7) is 4.29. The summed E-state index contributed by atoms with van der Waals surface area (Å²) in [5, 5.41) is 4.58. The Bertz CT molecular complexity index is 2870. The number of hydrogen-bond acceptors (Lipinski definition) is 3. The first-order chi connectivity index (χ1) is 26.1. The van der Waals surface area contributed by atoms with E-state index in [1.54, 1.807) is 0 Å². The molecule has 8 aromatic carbocycles. The Labute approximate surface area is 308 Å². The number of aryl methyl sites for hydroxylation is 2. The number of ether oxygens (including phenoxy) is 2. The summed E-state index contributed by atoms with van der Waals surface area (Å²) in [5.74, 6) is 3.50. The molecule has 2 aliphatic heterocycles. The zero-order valence-corrected chi connectivity index (χ0v) is 29.4. The van der Waals surface area contributed by atoms with Gasteiger partial charge in [0, 0.05) is 44.4 Å². The molecule has 0 saturated heterocycles. The third-order valence-corrected chi connectivity index (χ3v) is 10.9. The Balaban J connectivity index is 1.22. The largest absolute Gasteiger partial charge is 0.458 e. The van der Waals surface area contributed by atoms with Gasteiger partial charge in [-0.25, -0.2) is 0 Å². The Morgan fingerprint density at radius 1 is 0.472 bits per heavy atom. The molecule has 3 heterocycles. The quantitative estimate of drug-likeness (QED) is 0.173. The van der Waals surface area contributed by atoms with Crippen LogP contribution in [0.2, 0.25) is 0 Å². The molecule has 0 saturated carbocycles. The number of nitrogens with zero attached hydrogens (tertiary/aromatic N) is 2. The second-order valence-corrected chi connectivity index (χ2v) is 14.3. The molecule has 5 heteroatoms. The van der Waals surface area contributed by atoms with Crippen molar-refractivity contribution in [1.29, 1.82) is 0 Å². The molecular formula is C48H33BN2O2. The predicted molar refractivity (Wildman–Crippen MR) is 220 cm³/mol. The summed E-state index contributed by atoms with van der Waals surface area (Å²) in [6.07, 6.45) is 0. The third kappa shape index (κ3) is 4.50. The van der Waals surface area contributed by atoms with Gasteiger partial charge in [-0.05, 0) is 96.9 Å². The first-order valence-electron chi connectivity index (χ1n) is 18.2. The summed E-state index contributed by atoms with van der Waals surface area (Å²) >= 11 is 0. The fourth-order valence-corrected chi connectivity index (χ4v) is 8.65. The minimum atomic E-state index is -0.0137. The maximum absolute atomic E-state index is 7.08. The van der Waals surface area contributed by atoms with E-state index in [1.165, 1.54) is 27.4 Å². The normalized spacial score (nSPS) is 12.6. The highest BCUT2D eigenvalue weighted by Gasteiger charge is 2.42. The van der Waals surface area contributed by atoms with Gasteiger partial charge in [-0.15, -0.1) is 0 Å². The number of rotatable bonds is 4. The average Bonchev–Trinajstić information content (AvgIpc) is 3.54. The Morgan fingerprint density at radius 2 is 1.08 bits per heavy atom. The third-order valence-electron chi connectivity index (χ3n) is 10.9. The lowest BCUT2D eigenvalue weighted by Crippen LogP contribution is -2.57. The van der Waals surface area contributed by atoms with Gasteiger partial charge in [-0.1, -0.05) is 108 Å². The zero-order valence-electron chi connectivity index (χ0n) is 29.4. The molecule has 0 atom stereocenters. The fourth-order valence-electron chi connectivity index (χ4n) is 8.65. The number of fused-ring (bicyclic) bond motifs is 10. The topological polar surface area (TPSA) is 26.6 Å². The van der Waals surface area contributed by atoms with Crippen molar-refractivity contribution in [2.45, 2.75) is 13.8 Å². The SMILES string of the molecule is Cc1ccc2c(c1)B1c3cc(C)ccc3Oc3c1c(cc1c4ccc5cc(N(c6ccccc6)c6ccccc6)ccc5c4n(-c4ccccc4)c31)O2. The highest BCUT2D eigenvalue weighted by Crippen LogP contribution is 2.47. The molecule has 2 aliphatic rings. The van der Waals surface area contributed by atoms with E-state index in [1.807, 2.05) is 0 Å². The summed E-state index contributed by atoms with van der Waals surface area (Å²) < 4.78 is 16.3. The van der Waals surface area contributed by atoms with Crippen LogP contribution < -0.4 is 30.8 Å². The van der Waals surface area contributed by atoms with Crippen molar-refractivity contribution in [3.63, 3.8) is 0 Å². The molecular weight excluding hydrogens is 647 g/mol. The van der Waals surface area contributed by atoms with Crippen LogP contribution in [0.3, 0.4) is 0 Å². The molecule has 11 rings (SSSR count). The van der Waals surface area contributed by atoms with Crippen LogP contribution in [0.25, 0.3) is 38.3 Å². The number of para-hydroxylation sites is 3. The van der Waals surface area contributed by atoms with Crippen molar-refractivity contribution in [2.24, 2.45) is 0 Å². The van der Waals surface area contributed by atoms with Crippen molar-refractivity contribution >= 4 is 72.7 Å². The van der Waals surface area contributed by atoms with E-state index in [-0.39, 0.29) is 6.71 Å².